The summed E-state index contributed by atoms with van der Waals surface area (Å²) in [6, 6.07) is 5.58. The Morgan fingerprint density at radius 1 is 1.11 bits per heavy atom. The number of halogens is 1. The van der Waals surface area contributed by atoms with Gasteiger partial charge in [0, 0.05) is 44.3 Å². The van der Waals surface area contributed by atoms with E-state index in [4.69, 9.17) is 4.74 Å². The van der Waals surface area contributed by atoms with Crippen molar-refractivity contribution in [3.05, 3.63) is 29.6 Å². The van der Waals surface area contributed by atoms with Crippen LogP contribution in [-0.4, -0.2) is 71.2 Å². The van der Waals surface area contributed by atoms with Crippen molar-refractivity contribution in [3.63, 3.8) is 0 Å². The molecule has 3 aliphatic heterocycles. The lowest BCUT2D eigenvalue weighted by Gasteiger charge is -2.53. The summed E-state index contributed by atoms with van der Waals surface area (Å²) in [4.78, 5) is 4.89. The molecule has 0 saturated carbocycles. The van der Waals surface area contributed by atoms with E-state index < -0.39 is 17.3 Å². The predicted molar refractivity (Wildman–Crippen MR) is 107 cm³/mol. The van der Waals surface area contributed by atoms with Crippen LogP contribution in [-0.2, 0) is 4.74 Å². The Bertz CT molecular complexity index is 695. The van der Waals surface area contributed by atoms with Gasteiger partial charge in [0.1, 0.15) is 11.9 Å². The van der Waals surface area contributed by atoms with Gasteiger partial charge in [-0.2, -0.15) is 0 Å². The number of ether oxygens (including phenoxy) is 1. The Balaban J connectivity index is 1.33. The number of hydrogen-bond donors (Lipinski definition) is 2. The fraction of sp³-hybridized carbons (Fsp3) is 0.727. The van der Waals surface area contributed by atoms with Gasteiger partial charge in [0.2, 0.25) is 0 Å². The largest absolute Gasteiger partial charge is 0.387 e. The summed E-state index contributed by atoms with van der Waals surface area (Å²) in [7, 11) is 0. The second-order valence-corrected chi connectivity index (χ2v) is 9.11. The molecule has 1 spiro atoms. The number of nitrogens with zero attached hydrogens (tertiary/aromatic N) is 2. The number of benzene rings is 1. The first-order valence-corrected chi connectivity index (χ1v) is 10.6. The SMILES string of the molecule is Cc1cc(F)ccc1N1CCC(N2CCC3(CC2)OCC[C@@](C)(O)[C@@H]3O)CC1. The van der Waals surface area contributed by atoms with Gasteiger partial charge < -0.3 is 24.7 Å². The average Bonchev–Trinajstić information content (AvgIpc) is 2.67. The Morgan fingerprint density at radius 3 is 2.43 bits per heavy atom. The molecular formula is C22H33FN2O3. The highest BCUT2D eigenvalue weighted by Gasteiger charge is 2.52. The van der Waals surface area contributed by atoms with Crippen molar-refractivity contribution in [3.8, 4) is 0 Å². The molecule has 1 aromatic carbocycles. The second-order valence-electron chi connectivity index (χ2n) is 9.11. The number of aliphatic hydroxyl groups is 2. The number of likely N-dealkylation sites (tertiary alicyclic amines) is 1. The minimum atomic E-state index is -1.06. The standard InChI is InChI=1S/C22H33FN2O3/c1-16-15-17(23)3-4-19(16)25-10-5-18(6-11-25)24-12-7-22(8-13-24)20(26)21(2,27)9-14-28-22/h3-4,15,18,20,26-27H,5-14H2,1-2H3/t20-,21+/m0/s1. The van der Waals surface area contributed by atoms with E-state index in [1.54, 1.807) is 19.1 Å². The molecule has 0 aliphatic carbocycles. The number of aliphatic hydroxyl groups excluding tert-OH is 1. The fourth-order valence-electron chi connectivity index (χ4n) is 5.37. The van der Waals surface area contributed by atoms with Gasteiger partial charge in [0.25, 0.3) is 0 Å². The molecule has 3 fully saturated rings. The summed E-state index contributed by atoms with van der Waals surface area (Å²) in [5.74, 6) is -0.176. The molecule has 2 N–H and O–H groups in total. The van der Waals surface area contributed by atoms with Crippen molar-refractivity contribution in [2.24, 2.45) is 0 Å². The maximum absolute atomic E-state index is 13.4. The molecule has 3 aliphatic rings. The van der Waals surface area contributed by atoms with Crippen molar-refractivity contribution in [1.29, 1.82) is 0 Å². The normalized spacial score (nSPS) is 32.0. The number of aryl methyl sites for hydroxylation is 1. The lowest BCUT2D eigenvalue weighted by atomic mass is 9.74. The van der Waals surface area contributed by atoms with Gasteiger partial charge in [-0.1, -0.05) is 0 Å². The van der Waals surface area contributed by atoms with Crippen LogP contribution in [0.4, 0.5) is 10.1 Å². The molecule has 28 heavy (non-hydrogen) atoms. The minimum absolute atomic E-state index is 0.176. The van der Waals surface area contributed by atoms with Gasteiger partial charge in [-0.15, -0.1) is 0 Å². The third-order valence-electron chi connectivity index (χ3n) is 7.21. The molecule has 0 bridgehead atoms. The maximum Gasteiger partial charge on any atom is 0.123 e. The summed E-state index contributed by atoms with van der Waals surface area (Å²) < 4.78 is 19.4. The first kappa shape index (κ1) is 20.1. The van der Waals surface area contributed by atoms with E-state index in [2.05, 4.69) is 9.80 Å². The summed E-state index contributed by atoms with van der Waals surface area (Å²) in [5, 5.41) is 21.2. The molecule has 2 atom stereocenters. The minimum Gasteiger partial charge on any atom is -0.387 e. The monoisotopic (exact) mass is 392 g/mol. The molecule has 6 heteroatoms. The quantitative estimate of drug-likeness (QED) is 0.810. The van der Waals surface area contributed by atoms with E-state index in [1.165, 1.54) is 0 Å². The van der Waals surface area contributed by atoms with Crippen molar-refractivity contribution >= 4 is 5.69 Å². The zero-order chi connectivity index (χ0) is 19.9. The highest BCUT2D eigenvalue weighted by atomic mass is 19.1. The third kappa shape index (κ3) is 3.67. The molecule has 4 rings (SSSR count). The van der Waals surface area contributed by atoms with Crippen LogP contribution in [0.1, 0.15) is 44.6 Å². The number of piperidine rings is 2. The number of rotatable bonds is 2. The van der Waals surface area contributed by atoms with E-state index in [9.17, 15) is 14.6 Å². The fourth-order valence-corrected chi connectivity index (χ4v) is 5.37. The second kappa shape index (κ2) is 7.56. The zero-order valence-electron chi connectivity index (χ0n) is 17.0. The molecule has 0 radical (unpaired) electrons. The Kier molecular flexibility index (Phi) is 5.42. The van der Waals surface area contributed by atoms with Gasteiger partial charge in [0.15, 0.2) is 0 Å². The van der Waals surface area contributed by atoms with Gasteiger partial charge in [0.05, 0.1) is 17.8 Å². The molecule has 5 nitrogen and oxygen atoms in total. The zero-order valence-corrected chi connectivity index (χ0v) is 17.0. The van der Waals surface area contributed by atoms with E-state index in [1.807, 2.05) is 13.0 Å². The van der Waals surface area contributed by atoms with Crippen LogP contribution >= 0.6 is 0 Å². The van der Waals surface area contributed by atoms with Gasteiger partial charge in [-0.3, -0.25) is 0 Å². The average molecular weight is 393 g/mol. The summed E-state index contributed by atoms with van der Waals surface area (Å²) in [6.07, 6.45) is 3.37. The van der Waals surface area contributed by atoms with Crippen LogP contribution < -0.4 is 4.90 Å². The number of anilines is 1. The maximum atomic E-state index is 13.4. The van der Waals surface area contributed by atoms with Gasteiger partial charge >= 0.3 is 0 Å². The van der Waals surface area contributed by atoms with Crippen LogP contribution in [0.5, 0.6) is 0 Å². The highest BCUT2D eigenvalue weighted by molar-refractivity contribution is 5.53. The van der Waals surface area contributed by atoms with Crippen molar-refractivity contribution in [1.82, 2.24) is 4.90 Å². The molecule has 0 aromatic heterocycles. The Labute approximate surface area is 167 Å². The van der Waals surface area contributed by atoms with Gasteiger partial charge in [-0.25, -0.2) is 4.39 Å². The predicted octanol–water partition coefficient (Wildman–Crippen LogP) is 2.47. The number of hydrogen-bond acceptors (Lipinski definition) is 5. The van der Waals surface area contributed by atoms with E-state index in [0.29, 0.717) is 19.1 Å². The first-order chi connectivity index (χ1) is 13.3. The van der Waals surface area contributed by atoms with Crippen LogP contribution in [0, 0.1) is 12.7 Å². The molecular weight excluding hydrogens is 359 g/mol. The Morgan fingerprint density at radius 2 is 1.79 bits per heavy atom. The van der Waals surface area contributed by atoms with Gasteiger partial charge in [-0.05, 0) is 63.3 Å². The summed E-state index contributed by atoms with van der Waals surface area (Å²) in [6.45, 7) is 7.96. The molecule has 156 valence electrons. The van der Waals surface area contributed by atoms with Crippen LogP contribution in [0.15, 0.2) is 18.2 Å². The van der Waals surface area contributed by atoms with E-state index in [0.717, 1.165) is 63.1 Å². The van der Waals surface area contributed by atoms with Crippen LogP contribution in [0.3, 0.4) is 0 Å². The third-order valence-corrected chi connectivity index (χ3v) is 7.21. The molecule has 3 heterocycles. The first-order valence-electron chi connectivity index (χ1n) is 10.6. The Hall–Kier alpha value is -1.21. The topological polar surface area (TPSA) is 56.2 Å². The van der Waals surface area contributed by atoms with Crippen molar-refractivity contribution < 1.29 is 19.3 Å². The van der Waals surface area contributed by atoms with Crippen molar-refractivity contribution in [2.75, 3.05) is 37.7 Å². The van der Waals surface area contributed by atoms with Crippen LogP contribution in [0.25, 0.3) is 0 Å². The van der Waals surface area contributed by atoms with E-state index >= 15 is 0 Å². The molecule has 1 aromatic rings. The lowest BCUT2D eigenvalue weighted by Crippen LogP contribution is -2.65. The van der Waals surface area contributed by atoms with Crippen molar-refractivity contribution in [2.45, 2.75) is 69.3 Å². The van der Waals surface area contributed by atoms with E-state index in [-0.39, 0.29) is 5.82 Å². The molecule has 0 unspecified atom stereocenters. The summed E-state index contributed by atoms with van der Waals surface area (Å²) >= 11 is 0. The summed E-state index contributed by atoms with van der Waals surface area (Å²) in [5.41, 5.74) is 0.482. The molecule has 3 saturated heterocycles. The smallest absolute Gasteiger partial charge is 0.123 e. The van der Waals surface area contributed by atoms with Crippen LogP contribution in [0.2, 0.25) is 0 Å². The highest BCUT2D eigenvalue weighted by Crippen LogP contribution is 2.40. The molecule has 0 amide bonds. The lowest BCUT2D eigenvalue weighted by molar-refractivity contribution is -0.247.